The number of aromatic nitrogens is 4. The topological polar surface area (TPSA) is 92.5 Å². The van der Waals surface area contributed by atoms with Gasteiger partial charge in [-0.3, -0.25) is 5.10 Å². The highest BCUT2D eigenvalue weighted by atomic mass is 15.2. The molecule has 2 heterocycles. The molecule has 0 unspecified atom stereocenters. The summed E-state index contributed by atoms with van der Waals surface area (Å²) in [5.74, 6) is 1.45. The first kappa shape index (κ1) is 10.4. The van der Waals surface area contributed by atoms with Crippen LogP contribution in [0, 0.1) is 0 Å². The Morgan fingerprint density at radius 1 is 1.31 bits per heavy atom. The lowest BCUT2D eigenvalue weighted by Crippen LogP contribution is -2.04. The first-order chi connectivity index (χ1) is 7.84. The van der Waals surface area contributed by atoms with Crippen molar-refractivity contribution in [3.05, 3.63) is 30.5 Å². The number of H-pyrrole nitrogens is 1. The van der Waals surface area contributed by atoms with Crippen LogP contribution < -0.4 is 11.1 Å². The van der Waals surface area contributed by atoms with E-state index in [0.717, 1.165) is 30.9 Å². The van der Waals surface area contributed by atoms with Gasteiger partial charge in [-0.05, 0) is 18.6 Å². The van der Waals surface area contributed by atoms with E-state index in [1.165, 1.54) is 6.33 Å². The maximum Gasteiger partial charge on any atom is 0.137 e. The van der Waals surface area contributed by atoms with Crippen molar-refractivity contribution >= 4 is 11.5 Å². The molecule has 84 valence electrons. The molecular weight excluding hydrogens is 204 g/mol. The molecule has 6 heteroatoms. The van der Waals surface area contributed by atoms with Crippen molar-refractivity contribution in [1.29, 1.82) is 0 Å². The van der Waals surface area contributed by atoms with E-state index in [2.05, 4.69) is 25.5 Å². The maximum atomic E-state index is 5.49. The summed E-state index contributed by atoms with van der Waals surface area (Å²) in [4.78, 5) is 8.04. The molecule has 0 saturated heterocycles. The minimum atomic E-state index is 0.534. The van der Waals surface area contributed by atoms with E-state index in [9.17, 15) is 0 Å². The molecule has 16 heavy (non-hydrogen) atoms. The second-order valence-corrected chi connectivity index (χ2v) is 3.43. The van der Waals surface area contributed by atoms with Crippen LogP contribution in [-0.2, 0) is 6.42 Å². The molecule has 0 aliphatic carbocycles. The van der Waals surface area contributed by atoms with Gasteiger partial charge in [0.15, 0.2) is 0 Å². The monoisotopic (exact) mass is 218 g/mol. The average molecular weight is 218 g/mol. The molecule has 0 radical (unpaired) electrons. The summed E-state index contributed by atoms with van der Waals surface area (Å²) in [5.41, 5.74) is 6.47. The highest BCUT2D eigenvalue weighted by molar-refractivity contribution is 5.45. The molecule has 4 N–H and O–H groups in total. The van der Waals surface area contributed by atoms with Crippen LogP contribution in [0.3, 0.4) is 0 Å². The smallest absolute Gasteiger partial charge is 0.137 e. The molecule has 6 nitrogen and oxygen atoms in total. The average Bonchev–Trinajstić information content (AvgIpc) is 2.80. The summed E-state index contributed by atoms with van der Waals surface area (Å²) in [7, 11) is 0. The van der Waals surface area contributed by atoms with Crippen LogP contribution in [0.25, 0.3) is 0 Å². The number of hydrogen-bond acceptors (Lipinski definition) is 5. The number of nitrogens with one attached hydrogen (secondary N) is 2. The molecule has 0 aliphatic heterocycles. The molecule has 0 amide bonds. The van der Waals surface area contributed by atoms with Crippen LogP contribution in [0.4, 0.5) is 11.5 Å². The fraction of sp³-hybridized carbons (Fsp3) is 0.300. The van der Waals surface area contributed by atoms with Crippen LogP contribution in [0.2, 0.25) is 0 Å². The zero-order chi connectivity index (χ0) is 11.2. The van der Waals surface area contributed by atoms with Crippen LogP contribution in [-0.4, -0.2) is 26.7 Å². The van der Waals surface area contributed by atoms with E-state index < -0.39 is 0 Å². The van der Waals surface area contributed by atoms with E-state index in [-0.39, 0.29) is 0 Å². The number of nitrogen functional groups attached to an aromatic ring is 1. The predicted octanol–water partition coefficient (Wildman–Crippen LogP) is 0.827. The van der Waals surface area contributed by atoms with E-state index in [1.807, 2.05) is 6.07 Å². The lowest BCUT2D eigenvalue weighted by molar-refractivity contribution is 0.805. The summed E-state index contributed by atoms with van der Waals surface area (Å²) in [6.45, 7) is 0.867. The minimum Gasteiger partial charge on any atom is -0.384 e. The molecule has 2 aromatic heterocycles. The maximum absolute atomic E-state index is 5.49. The molecular formula is C10H14N6. The Hall–Kier alpha value is -2.11. The fourth-order valence-corrected chi connectivity index (χ4v) is 1.35. The summed E-state index contributed by atoms with van der Waals surface area (Å²) < 4.78 is 0. The molecule has 0 bridgehead atoms. The Labute approximate surface area is 93.3 Å². The molecule has 0 spiro atoms. The van der Waals surface area contributed by atoms with Crippen molar-refractivity contribution in [3.63, 3.8) is 0 Å². The third-order valence-electron chi connectivity index (χ3n) is 2.17. The number of aryl methyl sites for hydroxylation is 1. The van der Waals surface area contributed by atoms with E-state index >= 15 is 0 Å². The molecule has 0 fully saturated rings. The number of nitrogens with zero attached hydrogens (tertiary/aromatic N) is 3. The number of anilines is 2. The predicted molar refractivity (Wildman–Crippen MR) is 61.8 cm³/mol. The number of nitrogens with two attached hydrogens (primary N) is 1. The minimum absolute atomic E-state index is 0.534. The second-order valence-electron chi connectivity index (χ2n) is 3.43. The van der Waals surface area contributed by atoms with Gasteiger partial charge in [-0.15, -0.1) is 0 Å². The summed E-state index contributed by atoms with van der Waals surface area (Å²) in [5, 5.41) is 9.87. The van der Waals surface area contributed by atoms with Crippen LogP contribution in [0.5, 0.6) is 0 Å². The van der Waals surface area contributed by atoms with Crippen molar-refractivity contribution in [2.24, 2.45) is 0 Å². The summed E-state index contributed by atoms with van der Waals surface area (Å²) >= 11 is 0. The lowest BCUT2D eigenvalue weighted by Gasteiger charge is -2.04. The summed E-state index contributed by atoms with van der Waals surface area (Å²) in [6, 6.07) is 3.69. The third-order valence-corrected chi connectivity index (χ3v) is 2.17. The first-order valence-corrected chi connectivity index (χ1v) is 5.14. The van der Waals surface area contributed by atoms with Gasteiger partial charge >= 0.3 is 0 Å². The Kier molecular flexibility index (Phi) is 3.32. The molecule has 0 aliphatic rings. The zero-order valence-corrected chi connectivity index (χ0v) is 8.85. The number of pyridine rings is 1. The van der Waals surface area contributed by atoms with Crippen LogP contribution in [0.1, 0.15) is 12.2 Å². The molecule has 2 rings (SSSR count). The number of hydrogen-bond donors (Lipinski definition) is 3. The number of rotatable bonds is 5. The second kappa shape index (κ2) is 5.11. The van der Waals surface area contributed by atoms with E-state index in [1.54, 1.807) is 12.3 Å². The Morgan fingerprint density at radius 2 is 2.25 bits per heavy atom. The molecule has 0 saturated carbocycles. The van der Waals surface area contributed by atoms with Gasteiger partial charge < -0.3 is 11.1 Å². The largest absolute Gasteiger partial charge is 0.384 e. The SMILES string of the molecule is Nc1ccc(NCCCc2ncn[nH]2)cn1. The third kappa shape index (κ3) is 2.94. The van der Waals surface area contributed by atoms with E-state index in [0.29, 0.717) is 5.82 Å². The highest BCUT2D eigenvalue weighted by Gasteiger charge is 1.96. The van der Waals surface area contributed by atoms with Gasteiger partial charge in [-0.25, -0.2) is 9.97 Å². The Balaban J connectivity index is 1.70. The number of aromatic amines is 1. The molecule has 2 aromatic rings. The van der Waals surface area contributed by atoms with Gasteiger partial charge in [-0.1, -0.05) is 0 Å². The lowest BCUT2D eigenvalue weighted by atomic mass is 10.3. The zero-order valence-electron chi connectivity index (χ0n) is 8.85. The van der Waals surface area contributed by atoms with Crippen LogP contribution in [0.15, 0.2) is 24.7 Å². The van der Waals surface area contributed by atoms with Gasteiger partial charge in [0.25, 0.3) is 0 Å². The molecule has 0 aromatic carbocycles. The van der Waals surface area contributed by atoms with Gasteiger partial charge in [0.2, 0.25) is 0 Å². The van der Waals surface area contributed by atoms with Crippen molar-refractivity contribution in [2.45, 2.75) is 12.8 Å². The van der Waals surface area contributed by atoms with Gasteiger partial charge in [-0.2, -0.15) is 5.10 Å². The van der Waals surface area contributed by atoms with Crippen molar-refractivity contribution in [2.75, 3.05) is 17.6 Å². The fourth-order valence-electron chi connectivity index (χ4n) is 1.35. The standard InChI is InChI=1S/C10H14N6/c11-9-4-3-8(6-13-9)12-5-1-2-10-14-7-15-16-10/h3-4,6-7,12H,1-2,5H2,(H2,11,13)(H,14,15,16). The van der Waals surface area contributed by atoms with Gasteiger partial charge in [0.1, 0.15) is 18.0 Å². The van der Waals surface area contributed by atoms with Crippen molar-refractivity contribution < 1.29 is 0 Å². The normalized spacial score (nSPS) is 10.2. The first-order valence-electron chi connectivity index (χ1n) is 5.14. The summed E-state index contributed by atoms with van der Waals surface area (Å²) in [6.07, 6.45) is 5.12. The van der Waals surface area contributed by atoms with Crippen molar-refractivity contribution in [3.8, 4) is 0 Å². The van der Waals surface area contributed by atoms with E-state index in [4.69, 9.17) is 5.73 Å². The quantitative estimate of drug-likeness (QED) is 0.646. The van der Waals surface area contributed by atoms with Crippen molar-refractivity contribution in [1.82, 2.24) is 20.2 Å². The molecule has 0 atom stereocenters. The van der Waals surface area contributed by atoms with Gasteiger partial charge in [0, 0.05) is 13.0 Å². The van der Waals surface area contributed by atoms with Gasteiger partial charge in [0.05, 0.1) is 11.9 Å². The van der Waals surface area contributed by atoms with Crippen LogP contribution >= 0.6 is 0 Å². The Bertz CT molecular complexity index is 407. The Morgan fingerprint density at radius 3 is 2.94 bits per heavy atom. The highest BCUT2D eigenvalue weighted by Crippen LogP contribution is 2.06.